The summed E-state index contributed by atoms with van der Waals surface area (Å²) < 4.78 is 5.10. The Morgan fingerprint density at radius 1 is 1.41 bits per heavy atom. The van der Waals surface area contributed by atoms with E-state index >= 15 is 0 Å². The fourth-order valence-corrected chi connectivity index (χ4v) is 2.97. The van der Waals surface area contributed by atoms with Crippen LogP contribution in [0.3, 0.4) is 0 Å². The number of nitrogens with one attached hydrogen (secondary N) is 1. The highest BCUT2D eigenvalue weighted by molar-refractivity contribution is 7.11. The SMILES string of the molecule is CCCC(C)(NCCOC)c1nc(C)c(C)s1. The number of aromatic nitrogens is 1. The summed E-state index contributed by atoms with van der Waals surface area (Å²) in [5, 5.41) is 4.78. The first-order valence-electron chi connectivity index (χ1n) is 6.22. The Labute approximate surface area is 109 Å². The van der Waals surface area contributed by atoms with Crippen molar-refractivity contribution >= 4 is 11.3 Å². The second-order valence-corrected chi connectivity index (χ2v) is 5.87. The van der Waals surface area contributed by atoms with E-state index in [1.807, 2.05) is 0 Å². The molecule has 3 nitrogen and oxygen atoms in total. The lowest BCUT2D eigenvalue weighted by atomic mass is 9.97. The first-order chi connectivity index (χ1) is 8.03. The van der Waals surface area contributed by atoms with Crippen molar-refractivity contribution in [3.63, 3.8) is 0 Å². The molecule has 0 fully saturated rings. The first-order valence-corrected chi connectivity index (χ1v) is 7.03. The minimum atomic E-state index is -0.0169. The van der Waals surface area contributed by atoms with Crippen LogP contribution in [0.5, 0.6) is 0 Å². The third-order valence-corrected chi connectivity index (χ3v) is 4.41. The molecule has 0 amide bonds. The van der Waals surface area contributed by atoms with Gasteiger partial charge in [-0.3, -0.25) is 0 Å². The number of hydrogen-bond donors (Lipinski definition) is 1. The van der Waals surface area contributed by atoms with Crippen LogP contribution < -0.4 is 5.32 Å². The molecule has 0 saturated heterocycles. The summed E-state index contributed by atoms with van der Waals surface area (Å²) in [5.74, 6) is 0. The fraction of sp³-hybridized carbons (Fsp3) is 0.769. The van der Waals surface area contributed by atoms with E-state index in [-0.39, 0.29) is 5.54 Å². The van der Waals surface area contributed by atoms with Gasteiger partial charge in [-0.25, -0.2) is 4.98 Å². The van der Waals surface area contributed by atoms with Crippen molar-refractivity contribution in [2.45, 2.75) is 46.1 Å². The van der Waals surface area contributed by atoms with Crippen molar-refractivity contribution < 1.29 is 4.74 Å². The van der Waals surface area contributed by atoms with Gasteiger partial charge in [0.05, 0.1) is 17.8 Å². The Morgan fingerprint density at radius 2 is 2.12 bits per heavy atom. The Bertz CT molecular complexity index is 332. The Hall–Kier alpha value is -0.450. The quantitative estimate of drug-likeness (QED) is 0.762. The summed E-state index contributed by atoms with van der Waals surface area (Å²) >= 11 is 1.80. The van der Waals surface area contributed by atoms with Crippen molar-refractivity contribution in [1.29, 1.82) is 0 Å². The first kappa shape index (κ1) is 14.6. The second kappa shape index (κ2) is 6.47. The molecule has 98 valence electrons. The van der Waals surface area contributed by atoms with E-state index in [1.165, 1.54) is 9.88 Å². The maximum atomic E-state index is 5.10. The Morgan fingerprint density at radius 3 is 2.59 bits per heavy atom. The number of aryl methyl sites for hydroxylation is 2. The largest absolute Gasteiger partial charge is 0.383 e. The maximum absolute atomic E-state index is 5.10. The van der Waals surface area contributed by atoms with Crippen LogP contribution in [0, 0.1) is 13.8 Å². The predicted molar refractivity (Wildman–Crippen MR) is 73.7 cm³/mol. The molecule has 17 heavy (non-hydrogen) atoms. The van der Waals surface area contributed by atoms with Crippen LogP contribution in [0.25, 0.3) is 0 Å². The molecule has 1 aromatic rings. The molecular formula is C13H24N2OS. The van der Waals surface area contributed by atoms with E-state index in [9.17, 15) is 0 Å². The van der Waals surface area contributed by atoms with Crippen LogP contribution in [0.4, 0.5) is 0 Å². The van der Waals surface area contributed by atoms with Crippen LogP contribution in [0.1, 0.15) is 42.3 Å². The summed E-state index contributed by atoms with van der Waals surface area (Å²) in [4.78, 5) is 6.01. The van der Waals surface area contributed by atoms with E-state index in [4.69, 9.17) is 9.72 Å². The van der Waals surface area contributed by atoms with Gasteiger partial charge in [0.15, 0.2) is 0 Å². The number of ether oxygens (including phenoxy) is 1. The molecule has 1 unspecified atom stereocenters. The summed E-state index contributed by atoms with van der Waals surface area (Å²) in [6.07, 6.45) is 2.25. The van der Waals surface area contributed by atoms with E-state index in [0.717, 1.165) is 31.7 Å². The summed E-state index contributed by atoms with van der Waals surface area (Å²) in [7, 11) is 1.73. The lowest BCUT2D eigenvalue weighted by molar-refractivity contribution is 0.183. The molecule has 0 bridgehead atoms. The summed E-state index contributed by atoms with van der Waals surface area (Å²) in [6.45, 7) is 10.3. The van der Waals surface area contributed by atoms with Crippen LogP contribution in [-0.4, -0.2) is 25.2 Å². The van der Waals surface area contributed by atoms with Crippen LogP contribution in [-0.2, 0) is 10.3 Å². The van der Waals surface area contributed by atoms with E-state index in [2.05, 4.69) is 33.0 Å². The van der Waals surface area contributed by atoms with E-state index in [1.54, 1.807) is 18.4 Å². The zero-order valence-electron chi connectivity index (χ0n) is 11.6. The van der Waals surface area contributed by atoms with Crippen molar-refractivity contribution in [2.75, 3.05) is 20.3 Å². The van der Waals surface area contributed by atoms with Gasteiger partial charge < -0.3 is 10.1 Å². The molecule has 1 N–H and O–H groups in total. The molecule has 0 aromatic carbocycles. The smallest absolute Gasteiger partial charge is 0.113 e. The van der Waals surface area contributed by atoms with Crippen LogP contribution in [0.15, 0.2) is 0 Å². The molecule has 0 aliphatic heterocycles. The van der Waals surface area contributed by atoms with Gasteiger partial charge in [0.1, 0.15) is 5.01 Å². The molecule has 1 aromatic heterocycles. The number of thiazole rings is 1. The molecule has 4 heteroatoms. The van der Waals surface area contributed by atoms with Crippen LogP contribution in [0.2, 0.25) is 0 Å². The molecule has 1 heterocycles. The molecular weight excluding hydrogens is 232 g/mol. The van der Waals surface area contributed by atoms with Gasteiger partial charge in [-0.05, 0) is 27.2 Å². The second-order valence-electron chi connectivity index (χ2n) is 4.66. The van der Waals surface area contributed by atoms with Gasteiger partial charge in [0, 0.05) is 18.5 Å². The number of methoxy groups -OCH3 is 1. The fourth-order valence-electron chi connectivity index (χ4n) is 1.91. The highest BCUT2D eigenvalue weighted by Crippen LogP contribution is 2.31. The minimum absolute atomic E-state index is 0.0169. The van der Waals surface area contributed by atoms with Crippen molar-refractivity contribution in [3.05, 3.63) is 15.6 Å². The van der Waals surface area contributed by atoms with E-state index in [0.29, 0.717) is 0 Å². The Kier molecular flexibility index (Phi) is 5.56. The van der Waals surface area contributed by atoms with Gasteiger partial charge in [-0.2, -0.15) is 0 Å². The van der Waals surface area contributed by atoms with Gasteiger partial charge in [0.2, 0.25) is 0 Å². The highest BCUT2D eigenvalue weighted by Gasteiger charge is 2.28. The van der Waals surface area contributed by atoms with Gasteiger partial charge in [0.25, 0.3) is 0 Å². The van der Waals surface area contributed by atoms with Crippen molar-refractivity contribution in [2.24, 2.45) is 0 Å². The van der Waals surface area contributed by atoms with Crippen molar-refractivity contribution in [3.8, 4) is 0 Å². The zero-order chi connectivity index (χ0) is 12.9. The number of hydrogen-bond acceptors (Lipinski definition) is 4. The molecule has 1 rings (SSSR count). The standard InChI is InChI=1S/C13H24N2OS/c1-6-7-13(4,14-8-9-16-5)12-15-10(2)11(3)17-12/h14H,6-9H2,1-5H3. The third kappa shape index (κ3) is 3.76. The lowest BCUT2D eigenvalue weighted by Crippen LogP contribution is -2.41. The number of nitrogens with zero attached hydrogens (tertiary/aromatic N) is 1. The summed E-state index contributed by atoms with van der Waals surface area (Å²) in [5.41, 5.74) is 1.14. The molecule has 0 radical (unpaired) electrons. The molecule has 0 aliphatic rings. The topological polar surface area (TPSA) is 34.1 Å². The van der Waals surface area contributed by atoms with Gasteiger partial charge >= 0.3 is 0 Å². The molecule has 0 spiro atoms. The van der Waals surface area contributed by atoms with E-state index < -0.39 is 0 Å². The molecule has 1 atom stereocenters. The normalized spacial score (nSPS) is 14.9. The van der Waals surface area contributed by atoms with Gasteiger partial charge in [-0.15, -0.1) is 11.3 Å². The molecule has 0 aliphatic carbocycles. The number of rotatable bonds is 7. The average Bonchev–Trinajstić information content (AvgIpc) is 2.61. The van der Waals surface area contributed by atoms with Gasteiger partial charge in [-0.1, -0.05) is 13.3 Å². The average molecular weight is 256 g/mol. The van der Waals surface area contributed by atoms with Crippen LogP contribution >= 0.6 is 11.3 Å². The Balaban J connectivity index is 2.82. The predicted octanol–water partition coefficient (Wildman–Crippen LogP) is 3.01. The maximum Gasteiger partial charge on any atom is 0.113 e. The highest BCUT2D eigenvalue weighted by atomic mass is 32.1. The minimum Gasteiger partial charge on any atom is -0.383 e. The lowest BCUT2D eigenvalue weighted by Gasteiger charge is -2.28. The van der Waals surface area contributed by atoms with Crippen molar-refractivity contribution in [1.82, 2.24) is 10.3 Å². The molecule has 0 saturated carbocycles. The summed E-state index contributed by atoms with van der Waals surface area (Å²) in [6, 6.07) is 0. The third-order valence-electron chi connectivity index (χ3n) is 3.07. The monoisotopic (exact) mass is 256 g/mol. The zero-order valence-corrected chi connectivity index (χ0v) is 12.4.